The van der Waals surface area contributed by atoms with E-state index in [0.717, 1.165) is 24.4 Å². The summed E-state index contributed by atoms with van der Waals surface area (Å²) in [5.41, 5.74) is 1.43. The van der Waals surface area contributed by atoms with Gasteiger partial charge in [-0.25, -0.2) is 19.1 Å². The molecule has 2 aromatic heterocycles. The number of benzene rings is 1. The van der Waals surface area contributed by atoms with Gasteiger partial charge in [-0.05, 0) is 25.5 Å². The van der Waals surface area contributed by atoms with Crippen LogP contribution in [0.4, 0.5) is 10.5 Å². The number of carbonyl (C=O) groups is 1. The fourth-order valence-corrected chi connectivity index (χ4v) is 3.40. The maximum Gasteiger partial charge on any atom is 0.319 e. The second kappa shape index (κ2) is 6.75. The SMILES string of the molecule is Cc1c(NC(=O)N[C@H]2CCc3ncnn3C2)c(=O)n(-c2ccccc2)n1C. The van der Waals surface area contributed by atoms with Crippen LogP contribution in [0.15, 0.2) is 41.5 Å². The number of para-hydroxylation sites is 1. The summed E-state index contributed by atoms with van der Waals surface area (Å²) in [6.45, 7) is 2.38. The van der Waals surface area contributed by atoms with Crippen LogP contribution in [0.25, 0.3) is 5.69 Å². The number of fused-ring (bicyclic) bond motifs is 1. The molecule has 0 spiro atoms. The lowest BCUT2D eigenvalue weighted by molar-refractivity contribution is 0.243. The fourth-order valence-electron chi connectivity index (χ4n) is 3.40. The highest BCUT2D eigenvalue weighted by Gasteiger charge is 2.23. The zero-order valence-corrected chi connectivity index (χ0v) is 15.2. The van der Waals surface area contributed by atoms with Crippen LogP contribution in [0.1, 0.15) is 17.9 Å². The van der Waals surface area contributed by atoms with Crippen LogP contribution >= 0.6 is 0 Å². The van der Waals surface area contributed by atoms with Gasteiger partial charge in [0.2, 0.25) is 0 Å². The van der Waals surface area contributed by atoms with Gasteiger partial charge in [0.05, 0.1) is 24.0 Å². The fraction of sp³-hybridized carbons (Fsp3) is 0.333. The molecular weight excluding hydrogens is 346 g/mol. The number of nitrogens with one attached hydrogen (secondary N) is 2. The summed E-state index contributed by atoms with van der Waals surface area (Å²) in [7, 11) is 1.79. The van der Waals surface area contributed by atoms with Crippen LogP contribution in [-0.4, -0.2) is 36.2 Å². The Morgan fingerprint density at radius 2 is 2.04 bits per heavy atom. The monoisotopic (exact) mass is 367 g/mol. The number of urea groups is 1. The van der Waals surface area contributed by atoms with E-state index in [1.807, 2.05) is 30.3 Å². The van der Waals surface area contributed by atoms with Gasteiger partial charge in [-0.15, -0.1) is 0 Å². The minimum atomic E-state index is -0.394. The van der Waals surface area contributed by atoms with Gasteiger partial charge < -0.3 is 10.6 Å². The van der Waals surface area contributed by atoms with Gasteiger partial charge in [-0.3, -0.25) is 9.48 Å². The van der Waals surface area contributed by atoms with E-state index >= 15 is 0 Å². The van der Waals surface area contributed by atoms with E-state index in [0.29, 0.717) is 12.2 Å². The number of nitrogens with zero attached hydrogens (tertiary/aromatic N) is 5. The molecule has 0 saturated heterocycles. The Kier molecular flexibility index (Phi) is 4.27. The van der Waals surface area contributed by atoms with Gasteiger partial charge in [0, 0.05) is 13.5 Å². The zero-order valence-electron chi connectivity index (χ0n) is 15.2. The molecule has 0 bridgehead atoms. The van der Waals surface area contributed by atoms with Crippen LogP contribution in [0, 0.1) is 6.92 Å². The molecule has 0 unspecified atom stereocenters. The van der Waals surface area contributed by atoms with Crippen LogP contribution in [0.3, 0.4) is 0 Å². The van der Waals surface area contributed by atoms with Crippen molar-refractivity contribution in [2.24, 2.45) is 7.05 Å². The van der Waals surface area contributed by atoms with Crippen LogP contribution in [-0.2, 0) is 20.0 Å². The van der Waals surface area contributed by atoms with Crippen molar-refractivity contribution in [2.45, 2.75) is 32.4 Å². The van der Waals surface area contributed by atoms with Crippen molar-refractivity contribution in [3.05, 3.63) is 58.5 Å². The third-order valence-electron chi connectivity index (χ3n) is 4.93. The third-order valence-corrected chi connectivity index (χ3v) is 4.93. The summed E-state index contributed by atoms with van der Waals surface area (Å²) in [5, 5.41) is 9.80. The standard InChI is InChI=1S/C18H21N7O2/c1-12-16(17(26)25(23(12)2)14-6-4-3-5-7-14)22-18(27)21-13-8-9-15-19-11-20-24(15)10-13/h3-7,11,13H,8-10H2,1-2H3,(H2,21,22,27)/t13-/m0/s1. The third kappa shape index (κ3) is 3.12. The molecular formula is C18H21N7O2. The molecule has 0 fully saturated rings. The van der Waals surface area contributed by atoms with E-state index < -0.39 is 6.03 Å². The average Bonchev–Trinajstić information content (AvgIpc) is 3.21. The summed E-state index contributed by atoms with van der Waals surface area (Å²) >= 11 is 0. The number of hydrogen-bond acceptors (Lipinski definition) is 4. The van der Waals surface area contributed by atoms with Crippen LogP contribution < -0.4 is 16.2 Å². The molecule has 2 N–H and O–H groups in total. The lowest BCUT2D eigenvalue weighted by Crippen LogP contribution is -2.43. The lowest BCUT2D eigenvalue weighted by atomic mass is 10.1. The summed E-state index contributed by atoms with van der Waals surface area (Å²) in [4.78, 5) is 29.5. The first kappa shape index (κ1) is 17.1. The quantitative estimate of drug-likeness (QED) is 0.727. The molecule has 1 aliphatic rings. The van der Waals surface area contributed by atoms with E-state index in [4.69, 9.17) is 0 Å². The number of hydrogen-bond donors (Lipinski definition) is 2. The molecule has 3 heterocycles. The summed E-state index contributed by atoms with van der Waals surface area (Å²) in [6, 6.07) is 8.87. The van der Waals surface area contributed by atoms with Crippen LogP contribution in [0.2, 0.25) is 0 Å². The molecule has 2 amide bonds. The van der Waals surface area contributed by atoms with Gasteiger partial charge >= 0.3 is 6.03 Å². The number of aromatic nitrogens is 5. The Labute approximate surface area is 155 Å². The molecule has 1 atom stereocenters. The number of rotatable bonds is 3. The first-order chi connectivity index (χ1) is 13.0. The first-order valence-electron chi connectivity index (χ1n) is 8.83. The highest BCUT2D eigenvalue weighted by molar-refractivity contribution is 5.90. The van der Waals surface area contributed by atoms with Crippen molar-refractivity contribution in [2.75, 3.05) is 5.32 Å². The Morgan fingerprint density at radius 3 is 2.81 bits per heavy atom. The molecule has 3 aromatic rings. The lowest BCUT2D eigenvalue weighted by Gasteiger charge is -2.23. The Morgan fingerprint density at radius 1 is 1.26 bits per heavy atom. The largest absolute Gasteiger partial charge is 0.333 e. The molecule has 0 saturated carbocycles. The minimum Gasteiger partial charge on any atom is -0.333 e. The van der Waals surface area contributed by atoms with E-state index in [9.17, 15) is 9.59 Å². The van der Waals surface area contributed by atoms with E-state index in [2.05, 4.69) is 20.7 Å². The normalized spacial score (nSPS) is 16.0. The van der Waals surface area contributed by atoms with E-state index in [1.54, 1.807) is 23.3 Å². The molecule has 9 heteroatoms. The van der Waals surface area contributed by atoms with Gasteiger partial charge in [0.1, 0.15) is 17.8 Å². The molecule has 9 nitrogen and oxygen atoms in total. The summed E-state index contributed by atoms with van der Waals surface area (Å²) < 4.78 is 5.06. The summed E-state index contributed by atoms with van der Waals surface area (Å²) in [6.07, 6.45) is 3.07. The number of anilines is 1. The molecule has 1 aromatic carbocycles. The predicted molar refractivity (Wildman–Crippen MR) is 100 cm³/mol. The molecule has 1 aliphatic heterocycles. The van der Waals surface area contributed by atoms with E-state index in [1.165, 1.54) is 11.0 Å². The van der Waals surface area contributed by atoms with Crippen molar-refractivity contribution in [1.82, 2.24) is 29.4 Å². The second-order valence-corrected chi connectivity index (χ2v) is 6.63. The number of aryl methyl sites for hydroxylation is 1. The maximum absolute atomic E-state index is 12.8. The number of amides is 2. The predicted octanol–water partition coefficient (Wildman–Crippen LogP) is 1.21. The smallest absolute Gasteiger partial charge is 0.319 e. The molecule has 140 valence electrons. The van der Waals surface area contributed by atoms with E-state index in [-0.39, 0.29) is 17.3 Å². The maximum atomic E-state index is 12.8. The molecule has 0 aliphatic carbocycles. The molecule has 27 heavy (non-hydrogen) atoms. The molecule has 0 radical (unpaired) electrons. The van der Waals surface area contributed by atoms with Gasteiger partial charge in [-0.1, -0.05) is 18.2 Å². The Hall–Kier alpha value is -3.36. The van der Waals surface area contributed by atoms with Gasteiger partial charge in [-0.2, -0.15) is 5.10 Å². The van der Waals surface area contributed by atoms with Crippen molar-refractivity contribution in [1.29, 1.82) is 0 Å². The van der Waals surface area contributed by atoms with Crippen LogP contribution in [0.5, 0.6) is 0 Å². The second-order valence-electron chi connectivity index (χ2n) is 6.63. The summed E-state index contributed by atoms with van der Waals surface area (Å²) in [5.74, 6) is 0.929. The van der Waals surface area contributed by atoms with Crippen molar-refractivity contribution in [3.63, 3.8) is 0 Å². The highest BCUT2D eigenvalue weighted by Crippen LogP contribution is 2.15. The minimum absolute atomic E-state index is 0.0560. The topological polar surface area (TPSA) is 98.8 Å². The Balaban J connectivity index is 1.51. The van der Waals surface area contributed by atoms with Gasteiger partial charge in [0.25, 0.3) is 5.56 Å². The highest BCUT2D eigenvalue weighted by atomic mass is 16.2. The Bertz CT molecular complexity index is 1030. The van der Waals surface area contributed by atoms with Crippen molar-refractivity contribution in [3.8, 4) is 5.69 Å². The average molecular weight is 367 g/mol. The molecule has 4 rings (SSSR count). The number of carbonyl (C=O) groups excluding carboxylic acids is 1. The first-order valence-corrected chi connectivity index (χ1v) is 8.83. The van der Waals surface area contributed by atoms with Crippen molar-refractivity contribution >= 4 is 11.7 Å². The van der Waals surface area contributed by atoms with Crippen molar-refractivity contribution < 1.29 is 4.79 Å². The zero-order chi connectivity index (χ0) is 19.0. The van der Waals surface area contributed by atoms with Gasteiger partial charge in [0.15, 0.2) is 0 Å².